The van der Waals surface area contributed by atoms with E-state index in [1.165, 1.54) is 0 Å². The molecule has 2 N–H and O–H groups in total. The largest absolute Gasteiger partial charge is 0.481 e. The van der Waals surface area contributed by atoms with E-state index in [0.717, 1.165) is 16.5 Å². The smallest absolute Gasteiger partial charge is 0.307 e. The number of aliphatic carboxylic acids is 1. The van der Waals surface area contributed by atoms with Crippen LogP contribution in [0.25, 0.3) is 10.9 Å². The maximum atomic E-state index is 10.9. The van der Waals surface area contributed by atoms with Gasteiger partial charge in [0.05, 0.1) is 6.42 Å². The lowest BCUT2D eigenvalue weighted by atomic mass is 10.1. The zero-order valence-corrected chi connectivity index (χ0v) is 10.3. The maximum Gasteiger partial charge on any atom is 0.307 e. The van der Waals surface area contributed by atoms with Crippen LogP contribution < -0.4 is 0 Å². The fourth-order valence-electron chi connectivity index (χ4n) is 2.17. The Kier molecular flexibility index (Phi) is 3.67. The number of aliphatic hydroxyl groups is 1. The van der Waals surface area contributed by atoms with Gasteiger partial charge in [0.15, 0.2) is 0 Å². The van der Waals surface area contributed by atoms with Crippen molar-refractivity contribution in [2.75, 3.05) is 6.61 Å². The molecule has 18 heavy (non-hydrogen) atoms. The van der Waals surface area contributed by atoms with Gasteiger partial charge in [0.2, 0.25) is 0 Å². The van der Waals surface area contributed by atoms with Gasteiger partial charge in [-0.25, -0.2) is 0 Å². The summed E-state index contributed by atoms with van der Waals surface area (Å²) < 4.78 is 2.02. The van der Waals surface area contributed by atoms with Crippen LogP contribution in [0.15, 0.2) is 30.5 Å². The molecular formula is C14H17NO3. The number of benzene rings is 1. The molecule has 0 fully saturated rings. The van der Waals surface area contributed by atoms with E-state index in [0.29, 0.717) is 6.54 Å². The van der Waals surface area contributed by atoms with Crippen LogP contribution in [-0.2, 0) is 17.8 Å². The van der Waals surface area contributed by atoms with Crippen LogP contribution in [0.4, 0.5) is 0 Å². The zero-order chi connectivity index (χ0) is 13.1. The molecule has 0 saturated heterocycles. The van der Waals surface area contributed by atoms with Gasteiger partial charge in [-0.2, -0.15) is 0 Å². The molecule has 0 radical (unpaired) electrons. The van der Waals surface area contributed by atoms with Crippen LogP contribution in [0, 0.1) is 5.92 Å². The molecule has 0 saturated carbocycles. The minimum atomic E-state index is -0.826. The number of carboxylic acids is 1. The van der Waals surface area contributed by atoms with E-state index in [2.05, 4.69) is 0 Å². The van der Waals surface area contributed by atoms with E-state index >= 15 is 0 Å². The van der Waals surface area contributed by atoms with Gasteiger partial charge < -0.3 is 14.8 Å². The number of nitrogens with zero attached hydrogens (tertiary/aromatic N) is 1. The molecule has 1 unspecified atom stereocenters. The molecule has 1 heterocycles. The van der Waals surface area contributed by atoms with Gasteiger partial charge in [0, 0.05) is 30.3 Å². The van der Waals surface area contributed by atoms with Crippen LogP contribution >= 0.6 is 0 Å². The molecule has 2 aromatic rings. The van der Waals surface area contributed by atoms with Crippen molar-refractivity contribution < 1.29 is 15.0 Å². The Morgan fingerprint density at radius 3 is 2.78 bits per heavy atom. The number of aliphatic hydroxyl groups excluding tert-OH is 1. The van der Waals surface area contributed by atoms with Crippen molar-refractivity contribution in [3.63, 3.8) is 0 Å². The molecule has 0 aliphatic heterocycles. The molecule has 0 spiro atoms. The second-order valence-corrected chi connectivity index (χ2v) is 4.68. The highest BCUT2D eigenvalue weighted by Gasteiger charge is 2.12. The highest BCUT2D eigenvalue weighted by molar-refractivity contribution is 5.87. The Hall–Kier alpha value is -1.81. The summed E-state index contributed by atoms with van der Waals surface area (Å²) in [5.74, 6) is -0.674. The molecule has 2 rings (SSSR count). The number of aromatic nitrogens is 1. The molecule has 0 aliphatic rings. The van der Waals surface area contributed by atoms with Crippen molar-refractivity contribution in [3.05, 3.63) is 36.0 Å². The average Bonchev–Trinajstić information content (AvgIpc) is 2.67. The van der Waals surface area contributed by atoms with Gasteiger partial charge in [-0.05, 0) is 17.5 Å². The van der Waals surface area contributed by atoms with Gasteiger partial charge in [-0.3, -0.25) is 4.79 Å². The molecule has 1 atom stereocenters. The molecule has 0 aliphatic carbocycles. The SMILES string of the molecule is CC(CO)Cn1cc(CC(=O)O)c2ccccc21. The van der Waals surface area contributed by atoms with Crippen LogP contribution in [-0.4, -0.2) is 27.4 Å². The first kappa shape index (κ1) is 12.6. The van der Waals surface area contributed by atoms with E-state index in [1.807, 2.05) is 42.0 Å². The standard InChI is InChI=1S/C14H17NO3/c1-10(9-16)7-15-8-11(6-14(17)18)12-4-2-3-5-13(12)15/h2-5,8,10,16H,6-7,9H2,1H3,(H,17,18). The second kappa shape index (κ2) is 5.23. The number of fused-ring (bicyclic) bond motifs is 1. The lowest BCUT2D eigenvalue weighted by Gasteiger charge is -2.10. The monoisotopic (exact) mass is 247 g/mol. The fraction of sp³-hybridized carbons (Fsp3) is 0.357. The average molecular weight is 247 g/mol. The summed E-state index contributed by atoms with van der Waals surface area (Å²) in [6.07, 6.45) is 1.91. The summed E-state index contributed by atoms with van der Waals surface area (Å²) >= 11 is 0. The van der Waals surface area contributed by atoms with E-state index < -0.39 is 5.97 Å². The summed E-state index contributed by atoms with van der Waals surface area (Å²) in [5.41, 5.74) is 1.84. The lowest BCUT2D eigenvalue weighted by Crippen LogP contribution is -2.10. The summed E-state index contributed by atoms with van der Waals surface area (Å²) in [5, 5.41) is 19.0. The molecule has 1 aromatic heterocycles. The summed E-state index contributed by atoms with van der Waals surface area (Å²) in [6.45, 7) is 2.78. The lowest BCUT2D eigenvalue weighted by molar-refractivity contribution is -0.136. The van der Waals surface area contributed by atoms with Crippen molar-refractivity contribution in [1.82, 2.24) is 4.57 Å². The van der Waals surface area contributed by atoms with Gasteiger partial charge in [-0.15, -0.1) is 0 Å². The van der Waals surface area contributed by atoms with Gasteiger partial charge in [0.1, 0.15) is 0 Å². The van der Waals surface area contributed by atoms with Crippen LogP contribution in [0.5, 0.6) is 0 Å². The van der Waals surface area contributed by atoms with E-state index in [1.54, 1.807) is 0 Å². The van der Waals surface area contributed by atoms with Gasteiger partial charge in [-0.1, -0.05) is 25.1 Å². The van der Waals surface area contributed by atoms with Crippen LogP contribution in [0.1, 0.15) is 12.5 Å². The Morgan fingerprint density at radius 2 is 2.11 bits per heavy atom. The first-order valence-electron chi connectivity index (χ1n) is 6.01. The zero-order valence-electron chi connectivity index (χ0n) is 10.3. The number of carbonyl (C=O) groups is 1. The van der Waals surface area contributed by atoms with Crippen molar-refractivity contribution in [3.8, 4) is 0 Å². The Morgan fingerprint density at radius 1 is 1.39 bits per heavy atom. The Bertz CT molecular complexity index is 559. The normalized spacial score (nSPS) is 12.8. The highest BCUT2D eigenvalue weighted by Crippen LogP contribution is 2.22. The Balaban J connectivity index is 2.43. The summed E-state index contributed by atoms with van der Waals surface area (Å²) in [4.78, 5) is 10.9. The predicted octanol–water partition coefficient (Wildman–Crippen LogP) is 1.90. The first-order chi connectivity index (χ1) is 8.61. The van der Waals surface area contributed by atoms with E-state index in [9.17, 15) is 4.79 Å². The van der Waals surface area contributed by atoms with E-state index in [-0.39, 0.29) is 18.9 Å². The number of carboxylic acid groups (broad SMARTS) is 1. The molecule has 1 aromatic carbocycles. The van der Waals surface area contributed by atoms with E-state index in [4.69, 9.17) is 10.2 Å². The number of rotatable bonds is 5. The summed E-state index contributed by atoms with van der Waals surface area (Å²) in [7, 11) is 0. The first-order valence-corrected chi connectivity index (χ1v) is 6.01. The molecular weight excluding hydrogens is 230 g/mol. The van der Waals surface area contributed by atoms with Crippen molar-refractivity contribution in [2.45, 2.75) is 19.9 Å². The molecule has 0 bridgehead atoms. The third kappa shape index (κ3) is 2.54. The van der Waals surface area contributed by atoms with Crippen molar-refractivity contribution in [2.24, 2.45) is 5.92 Å². The molecule has 0 amide bonds. The number of hydrogen-bond donors (Lipinski definition) is 2. The van der Waals surface area contributed by atoms with Crippen LogP contribution in [0.3, 0.4) is 0 Å². The number of para-hydroxylation sites is 1. The molecule has 4 nitrogen and oxygen atoms in total. The third-order valence-electron chi connectivity index (χ3n) is 3.03. The predicted molar refractivity (Wildman–Crippen MR) is 69.5 cm³/mol. The fourth-order valence-corrected chi connectivity index (χ4v) is 2.17. The Labute approximate surface area is 105 Å². The van der Waals surface area contributed by atoms with Crippen LogP contribution in [0.2, 0.25) is 0 Å². The topological polar surface area (TPSA) is 62.5 Å². The van der Waals surface area contributed by atoms with Gasteiger partial charge in [0.25, 0.3) is 0 Å². The minimum absolute atomic E-state index is 0.0288. The summed E-state index contributed by atoms with van der Waals surface area (Å²) in [6, 6.07) is 7.76. The minimum Gasteiger partial charge on any atom is -0.481 e. The van der Waals surface area contributed by atoms with Crippen molar-refractivity contribution >= 4 is 16.9 Å². The van der Waals surface area contributed by atoms with Gasteiger partial charge >= 0.3 is 5.97 Å². The third-order valence-corrected chi connectivity index (χ3v) is 3.03. The maximum absolute atomic E-state index is 10.9. The number of hydrogen-bond acceptors (Lipinski definition) is 2. The highest BCUT2D eigenvalue weighted by atomic mass is 16.4. The van der Waals surface area contributed by atoms with Crippen molar-refractivity contribution in [1.29, 1.82) is 0 Å². The molecule has 96 valence electrons. The second-order valence-electron chi connectivity index (χ2n) is 4.68. The quantitative estimate of drug-likeness (QED) is 0.848. The molecule has 4 heteroatoms.